The summed E-state index contributed by atoms with van der Waals surface area (Å²) in [4.78, 5) is 11.4. The van der Waals surface area contributed by atoms with Gasteiger partial charge in [-0.1, -0.05) is 29.8 Å². The maximum absolute atomic E-state index is 12.3. The largest absolute Gasteiger partial charge is 0.496 e. The Morgan fingerprint density at radius 3 is 2.40 bits per heavy atom. The Bertz CT molecular complexity index is 1210. The number of hydrogen-bond acceptors (Lipinski definition) is 5. The summed E-state index contributed by atoms with van der Waals surface area (Å²) in [7, 11) is -2.66. The van der Waals surface area contributed by atoms with Gasteiger partial charge in [-0.25, -0.2) is 13.6 Å². The molecule has 0 radical (unpaired) electrons. The molecule has 0 bridgehead atoms. The van der Waals surface area contributed by atoms with Gasteiger partial charge in [0.2, 0.25) is 15.9 Å². The molecular formula is C21H19ClN2O5S. The Kier molecular flexibility index (Phi) is 6.31. The van der Waals surface area contributed by atoms with E-state index in [1.807, 2.05) is 0 Å². The van der Waals surface area contributed by atoms with Crippen molar-refractivity contribution >= 4 is 33.2 Å². The number of benzene rings is 3. The first kappa shape index (κ1) is 21.6. The van der Waals surface area contributed by atoms with E-state index in [4.69, 9.17) is 26.2 Å². The lowest BCUT2D eigenvalue weighted by Crippen LogP contribution is -2.13. The van der Waals surface area contributed by atoms with Crippen molar-refractivity contribution in [1.29, 1.82) is 0 Å². The smallest absolute Gasteiger partial charge is 0.241 e. The average Bonchev–Trinajstić information content (AvgIpc) is 2.67. The van der Waals surface area contributed by atoms with Gasteiger partial charge in [-0.2, -0.15) is 0 Å². The topological polar surface area (TPSA) is 108 Å². The summed E-state index contributed by atoms with van der Waals surface area (Å²) in [5.41, 5.74) is 1.44. The minimum atomic E-state index is -4.14. The van der Waals surface area contributed by atoms with Crippen molar-refractivity contribution < 1.29 is 22.7 Å². The molecule has 3 rings (SSSR count). The molecule has 3 aromatic carbocycles. The van der Waals surface area contributed by atoms with Crippen LogP contribution in [0.5, 0.6) is 17.2 Å². The molecule has 156 valence electrons. The number of sulfonamides is 1. The van der Waals surface area contributed by atoms with E-state index in [1.54, 1.807) is 48.5 Å². The second-order valence-electron chi connectivity index (χ2n) is 6.33. The fourth-order valence-corrected chi connectivity index (χ4v) is 3.78. The Balaban J connectivity index is 2.16. The Hall–Kier alpha value is -3.07. The Morgan fingerprint density at radius 2 is 1.77 bits per heavy atom. The third-order valence-electron chi connectivity index (χ3n) is 4.12. The van der Waals surface area contributed by atoms with Gasteiger partial charge in [0.25, 0.3) is 0 Å². The number of anilines is 1. The highest BCUT2D eigenvalue weighted by atomic mass is 35.5. The second-order valence-corrected chi connectivity index (χ2v) is 8.30. The lowest BCUT2D eigenvalue weighted by atomic mass is 10.0. The van der Waals surface area contributed by atoms with Crippen LogP contribution < -0.4 is 19.9 Å². The third-order valence-corrected chi connectivity index (χ3v) is 5.29. The number of nitrogens with two attached hydrogens (primary N) is 1. The van der Waals surface area contributed by atoms with Gasteiger partial charge in [0, 0.05) is 17.5 Å². The molecule has 7 nitrogen and oxygen atoms in total. The van der Waals surface area contributed by atoms with E-state index in [1.165, 1.54) is 26.2 Å². The van der Waals surface area contributed by atoms with Crippen molar-refractivity contribution in [3.8, 4) is 28.4 Å². The number of carbonyl (C=O) groups excluding carboxylic acids is 1. The predicted molar refractivity (Wildman–Crippen MR) is 116 cm³/mol. The molecule has 0 aromatic heterocycles. The summed E-state index contributed by atoms with van der Waals surface area (Å²) in [6.07, 6.45) is 0. The zero-order chi connectivity index (χ0) is 21.9. The van der Waals surface area contributed by atoms with Crippen LogP contribution in [0.3, 0.4) is 0 Å². The molecule has 0 aliphatic heterocycles. The van der Waals surface area contributed by atoms with Crippen LogP contribution in [-0.2, 0) is 14.8 Å². The number of hydrogen-bond donors (Lipinski definition) is 2. The van der Waals surface area contributed by atoms with E-state index in [2.05, 4.69) is 5.32 Å². The van der Waals surface area contributed by atoms with Gasteiger partial charge in [0.05, 0.1) is 12.8 Å². The highest BCUT2D eigenvalue weighted by molar-refractivity contribution is 7.89. The van der Waals surface area contributed by atoms with Crippen molar-refractivity contribution in [2.75, 3.05) is 12.4 Å². The molecule has 0 fully saturated rings. The van der Waals surface area contributed by atoms with Crippen molar-refractivity contribution in [2.45, 2.75) is 11.8 Å². The quantitative estimate of drug-likeness (QED) is 0.583. The maximum Gasteiger partial charge on any atom is 0.241 e. The van der Waals surface area contributed by atoms with Crippen molar-refractivity contribution in [3.05, 3.63) is 65.7 Å². The summed E-state index contributed by atoms with van der Waals surface area (Å²) in [6, 6.07) is 16.2. The minimum absolute atomic E-state index is 0.0412. The monoisotopic (exact) mass is 446 g/mol. The molecule has 3 N–H and O–H groups in total. The van der Waals surface area contributed by atoms with Crippen LogP contribution >= 0.6 is 11.6 Å². The second kappa shape index (κ2) is 8.74. The molecular weight excluding hydrogens is 428 g/mol. The predicted octanol–water partition coefficient (Wildman–Crippen LogP) is 4.41. The molecule has 0 saturated heterocycles. The molecule has 0 heterocycles. The first-order valence-electron chi connectivity index (χ1n) is 8.74. The fraction of sp³-hybridized carbons (Fsp3) is 0.0952. The van der Waals surface area contributed by atoms with E-state index in [9.17, 15) is 13.2 Å². The van der Waals surface area contributed by atoms with Crippen LogP contribution in [0.25, 0.3) is 11.1 Å². The van der Waals surface area contributed by atoms with Gasteiger partial charge in [-0.3, -0.25) is 4.79 Å². The summed E-state index contributed by atoms with van der Waals surface area (Å²) < 4.78 is 35.7. The maximum atomic E-state index is 12.3. The number of ether oxygens (including phenoxy) is 2. The molecule has 0 aliphatic carbocycles. The van der Waals surface area contributed by atoms with Gasteiger partial charge >= 0.3 is 0 Å². The van der Waals surface area contributed by atoms with Crippen molar-refractivity contribution in [1.82, 2.24) is 0 Å². The summed E-state index contributed by atoms with van der Waals surface area (Å²) in [6.45, 7) is 1.38. The van der Waals surface area contributed by atoms with Crippen LogP contribution in [-0.4, -0.2) is 21.4 Å². The summed E-state index contributed by atoms with van der Waals surface area (Å²) in [5.74, 6) is 0.568. The van der Waals surface area contributed by atoms with Gasteiger partial charge in [-0.15, -0.1) is 0 Å². The average molecular weight is 447 g/mol. The lowest BCUT2D eigenvalue weighted by Gasteiger charge is -2.16. The number of methoxy groups -OCH3 is 1. The van der Waals surface area contributed by atoms with Crippen molar-refractivity contribution in [2.24, 2.45) is 5.14 Å². The SMILES string of the molecule is COc1cccc(NC(C)=O)c1-c1ccc(Oc2cccc(Cl)c2)c(S(N)(=O)=O)c1. The van der Waals surface area contributed by atoms with E-state index in [0.717, 1.165) is 0 Å². The number of halogens is 1. The van der Waals surface area contributed by atoms with Crippen molar-refractivity contribution in [3.63, 3.8) is 0 Å². The standard InChI is InChI=1S/C21H19ClN2O5S/c1-13(25)24-17-7-4-8-19(28-2)21(17)14-9-10-18(20(11-14)30(23,26)27)29-16-6-3-5-15(22)12-16/h3-12H,1-2H3,(H,24,25)(H2,23,26,27). The minimum Gasteiger partial charge on any atom is -0.496 e. The molecule has 3 aromatic rings. The number of carbonyl (C=O) groups is 1. The summed E-state index contributed by atoms with van der Waals surface area (Å²) >= 11 is 5.97. The molecule has 0 spiro atoms. The lowest BCUT2D eigenvalue weighted by molar-refractivity contribution is -0.114. The number of rotatable bonds is 6. The Labute approximate surface area is 179 Å². The Morgan fingerprint density at radius 1 is 1.03 bits per heavy atom. The normalized spacial score (nSPS) is 11.1. The highest BCUT2D eigenvalue weighted by Gasteiger charge is 2.20. The van der Waals surface area contributed by atoms with E-state index >= 15 is 0 Å². The van der Waals surface area contributed by atoms with E-state index < -0.39 is 10.0 Å². The van der Waals surface area contributed by atoms with Crippen LogP contribution in [0.1, 0.15) is 6.92 Å². The third kappa shape index (κ3) is 4.91. The molecule has 0 unspecified atom stereocenters. The molecule has 9 heteroatoms. The molecule has 0 atom stereocenters. The highest BCUT2D eigenvalue weighted by Crippen LogP contribution is 2.40. The zero-order valence-corrected chi connectivity index (χ0v) is 17.8. The van der Waals surface area contributed by atoms with Gasteiger partial charge in [0.1, 0.15) is 22.1 Å². The number of nitrogens with one attached hydrogen (secondary N) is 1. The molecule has 1 amide bonds. The fourth-order valence-electron chi connectivity index (χ4n) is 2.92. The van der Waals surface area contributed by atoms with Gasteiger partial charge in [0.15, 0.2) is 0 Å². The van der Waals surface area contributed by atoms with E-state index in [0.29, 0.717) is 33.3 Å². The summed E-state index contributed by atoms with van der Waals surface area (Å²) in [5, 5.41) is 8.60. The first-order valence-corrected chi connectivity index (χ1v) is 10.7. The van der Waals surface area contributed by atoms with Crippen LogP contribution in [0.4, 0.5) is 5.69 Å². The van der Waals surface area contributed by atoms with E-state index in [-0.39, 0.29) is 16.6 Å². The van der Waals surface area contributed by atoms with Gasteiger partial charge in [-0.05, 0) is 48.0 Å². The molecule has 30 heavy (non-hydrogen) atoms. The van der Waals surface area contributed by atoms with Crippen LogP contribution in [0, 0.1) is 0 Å². The first-order chi connectivity index (χ1) is 14.2. The number of primary sulfonamides is 1. The molecule has 0 saturated carbocycles. The van der Waals surface area contributed by atoms with Gasteiger partial charge < -0.3 is 14.8 Å². The van der Waals surface area contributed by atoms with Crippen LogP contribution in [0.15, 0.2) is 65.6 Å². The zero-order valence-electron chi connectivity index (χ0n) is 16.2. The number of amides is 1. The molecule has 0 aliphatic rings. The van der Waals surface area contributed by atoms with Crippen LogP contribution in [0.2, 0.25) is 5.02 Å².